The number of carbonyl (C=O) groups excluding carboxylic acids is 1. The summed E-state index contributed by atoms with van der Waals surface area (Å²) >= 11 is 0. The van der Waals surface area contributed by atoms with Gasteiger partial charge in [-0.1, -0.05) is 34.1 Å². The number of nitrogens with zero attached hydrogens (tertiary/aromatic N) is 1. The molecular formula is C14H28N2O. The van der Waals surface area contributed by atoms with E-state index >= 15 is 0 Å². The van der Waals surface area contributed by atoms with Crippen molar-refractivity contribution in [1.82, 2.24) is 4.90 Å². The quantitative estimate of drug-likeness (QED) is 0.802. The van der Waals surface area contributed by atoms with Crippen LogP contribution in [-0.2, 0) is 4.79 Å². The Morgan fingerprint density at radius 1 is 1.35 bits per heavy atom. The van der Waals surface area contributed by atoms with E-state index in [9.17, 15) is 4.79 Å². The van der Waals surface area contributed by atoms with Gasteiger partial charge >= 0.3 is 0 Å². The molecule has 3 nitrogen and oxygen atoms in total. The topological polar surface area (TPSA) is 46.3 Å². The number of hydrogen-bond acceptors (Lipinski definition) is 2. The first kappa shape index (κ1) is 14.5. The summed E-state index contributed by atoms with van der Waals surface area (Å²) in [7, 11) is 0. The molecule has 1 fully saturated rings. The normalized spacial score (nSPS) is 22.5. The summed E-state index contributed by atoms with van der Waals surface area (Å²) in [5, 5.41) is 0. The van der Waals surface area contributed by atoms with E-state index < -0.39 is 0 Å². The Morgan fingerprint density at radius 2 is 1.94 bits per heavy atom. The third kappa shape index (κ3) is 3.01. The summed E-state index contributed by atoms with van der Waals surface area (Å²) < 4.78 is 0. The van der Waals surface area contributed by atoms with E-state index in [1.54, 1.807) is 0 Å². The van der Waals surface area contributed by atoms with Crippen molar-refractivity contribution in [3.63, 3.8) is 0 Å². The fraction of sp³-hybridized carbons (Fsp3) is 0.929. The van der Waals surface area contributed by atoms with Crippen molar-refractivity contribution in [3.05, 3.63) is 0 Å². The fourth-order valence-electron chi connectivity index (χ4n) is 2.66. The van der Waals surface area contributed by atoms with Crippen molar-refractivity contribution in [2.45, 2.75) is 59.4 Å². The van der Waals surface area contributed by atoms with Crippen LogP contribution in [0.25, 0.3) is 0 Å². The molecule has 0 bridgehead atoms. The fourth-order valence-corrected chi connectivity index (χ4v) is 2.66. The van der Waals surface area contributed by atoms with Crippen molar-refractivity contribution < 1.29 is 4.79 Å². The van der Waals surface area contributed by atoms with Gasteiger partial charge in [0.25, 0.3) is 0 Å². The molecule has 100 valence electrons. The van der Waals surface area contributed by atoms with E-state index in [0.29, 0.717) is 5.41 Å². The molecule has 17 heavy (non-hydrogen) atoms. The van der Waals surface area contributed by atoms with Crippen LogP contribution in [0.3, 0.4) is 0 Å². The van der Waals surface area contributed by atoms with Crippen LogP contribution in [0.15, 0.2) is 0 Å². The lowest BCUT2D eigenvalue weighted by Gasteiger charge is -2.28. The minimum atomic E-state index is -0.315. The molecule has 3 heteroatoms. The number of amides is 1. The van der Waals surface area contributed by atoms with Gasteiger partial charge in [0.1, 0.15) is 0 Å². The molecule has 1 aliphatic rings. The average molecular weight is 240 g/mol. The number of nitrogens with two attached hydrogens (primary N) is 1. The highest BCUT2D eigenvalue weighted by Gasteiger charge is 2.38. The number of hydrogen-bond donors (Lipinski definition) is 1. The van der Waals surface area contributed by atoms with E-state index in [2.05, 4.69) is 27.7 Å². The molecule has 2 N–H and O–H groups in total. The summed E-state index contributed by atoms with van der Waals surface area (Å²) in [5.41, 5.74) is 6.38. The Hall–Kier alpha value is -0.570. The van der Waals surface area contributed by atoms with Gasteiger partial charge in [-0.25, -0.2) is 0 Å². The molecule has 0 aromatic carbocycles. The predicted molar refractivity (Wildman–Crippen MR) is 71.6 cm³/mol. The maximum atomic E-state index is 12.3. The Labute approximate surface area is 106 Å². The lowest BCUT2D eigenvalue weighted by atomic mass is 9.82. The van der Waals surface area contributed by atoms with Gasteiger partial charge in [0.2, 0.25) is 5.91 Å². The van der Waals surface area contributed by atoms with Gasteiger partial charge in [-0.15, -0.1) is 0 Å². The minimum Gasteiger partial charge on any atom is -0.341 e. The van der Waals surface area contributed by atoms with Crippen LogP contribution in [0.1, 0.15) is 53.4 Å². The SMILES string of the molecule is CCC(C)C(N)C(=O)N1CCC(CC)(CC)C1. The van der Waals surface area contributed by atoms with Crippen molar-refractivity contribution in [1.29, 1.82) is 0 Å². The van der Waals surface area contributed by atoms with E-state index in [4.69, 9.17) is 5.73 Å². The Kier molecular flexibility index (Phi) is 4.99. The van der Waals surface area contributed by atoms with Gasteiger partial charge in [0.15, 0.2) is 0 Å². The van der Waals surface area contributed by atoms with Crippen LogP contribution >= 0.6 is 0 Å². The summed E-state index contributed by atoms with van der Waals surface area (Å²) in [6.07, 6.45) is 4.42. The Bertz CT molecular complexity index is 261. The van der Waals surface area contributed by atoms with Gasteiger partial charge in [-0.2, -0.15) is 0 Å². The van der Waals surface area contributed by atoms with Gasteiger partial charge in [0.05, 0.1) is 6.04 Å². The highest BCUT2D eigenvalue weighted by molar-refractivity contribution is 5.82. The standard InChI is InChI=1S/C14H28N2O/c1-5-11(4)12(15)13(17)16-9-8-14(6-2,7-3)10-16/h11-12H,5-10,15H2,1-4H3. The van der Waals surface area contributed by atoms with Crippen molar-refractivity contribution >= 4 is 5.91 Å². The molecule has 0 spiro atoms. The molecule has 1 aliphatic heterocycles. The monoisotopic (exact) mass is 240 g/mol. The van der Waals surface area contributed by atoms with E-state index in [1.807, 2.05) is 4.90 Å². The predicted octanol–water partition coefficient (Wildman–Crippen LogP) is 2.40. The summed E-state index contributed by atoms with van der Waals surface area (Å²) in [4.78, 5) is 14.3. The third-order valence-corrected chi connectivity index (χ3v) is 4.79. The van der Waals surface area contributed by atoms with E-state index in [-0.39, 0.29) is 17.9 Å². The molecule has 0 saturated carbocycles. The second-order valence-corrected chi connectivity index (χ2v) is 5.63. The maximum Gasteiger partial charge on any atom is 0.239 e. The summed E-state index contributed by atoms with van der Waals surface area (Å²) in [6.45, 7) is 10.4. The molecule has 0 aromatic rings. The first-order valence-electron chi connectivity index (χ1n) is 7.04. The third-order valence-electron chi connectivity index (χ3n) is 4.79. The molecule has 0 aliphatic carbocycles. The lowest BCUT2D eigenvalue weighted by Crippen LogP contribution is -2.46. The van der Waals surface area contributed by atoms with Crippen molar-refractivity contribution in [3.8, 4) is 0 Å². The second kappa shape index (κ2) is 5.85. The molecule has 1 rings (SSSR count). The molecule has 2 atom stereocenters. The van der Waals surface area contributed by atoms with Gasteiger partial charge in [-0.3, -0.25) is 4.79 Å². The van der Waals surface area contributed by atoms with Crippen molar-refractivity contribution in [2.24, 2.45) is 17.1 Å². The zero-order chi connectivity index (χ0) is 13.1. The minimum absolute atomic E-state index is 0.156. The smallest absolute Gasteiger partial charge is 0.239 e. The zero-order valence-electron chi connectivity index (χ0n) is 11.8. The molecule has 1 heterocycles. The molecular weight excluding hydrogens is 212 g/mol. The second-order valence-electron chi connectivity index (χ2n) is 5.63. The molecule has 2 unspecified atom stereocenters. The largest absolute Gasteiger partial charge is 0.341 e. The van der Waals surface area contributed by atoms with Crippen LogP contribution in [0.2, 0.25) is 0 Å². The van der Waals surface area contributed by atoms with E-state index in [1.165, 1.54) is 0 Å². The van der Waals surface area contributed by atoms with E-state index in [0.717, 1.165) is 38.8 Å². The van der Waals surface area contributed by atoms with Crippen LogP contribution in [-0.4, -0.2) is 29.9 Å². The first-order valence-corrected chi connectivity index (χ1v) is 7.04. The van der Waals surface area contributed by atoms with Gasteiger partial charge in [0, 0.05) is 13.1 Å². The van der Waals surface area contributed by atoms with Gasteiger partial charge < -0.3 is 10.6 Å². The maximum absolute atomic E-state index is 12.3. The first-order chi connectivity index (χ1) is 7.99. The molecule has 0 aromatic heterocycles. The van der Waals surface area contributed by atoms with Crippen LogP contribution in [0, 0.1) is 11.3 Å². The molecule has 0 radical (unpaired) electrons. The lowest BCUT2D eigenvalue weighted by molar-refractivity contribution is -0.133. The zero-order valence-corrected chi connectivity index (χ0v) is 11.8. The highest BCUT2D eigenvalue weighted by Crippen LogP contribution is 2.37. The molecule has 1 amide bonds. The average Bonchev–Trinajstić information content (AvgIpc) is 2.81. The Balaban J connectivity index is 2.62. The van der Waals surface area contributed by atoms with Crippen molar-refractivity contribution in [2.75, 3.05) is 13.1 Å². The number of carbonyl (C=O) groups is 1. The summed E-state index contributed by atoms with van der Waals surface area (Å²) in [6, 6.07) is -0.315. The molecule has 1 saturated heterocycles. The Morgan fingerprint density at radius 3 is 2.35 bits per heavy atom. The van der Waals surface area contributed by atoms with Crippen LogP contribution < -0.4 is 5.73 Å². The van der Waals surface area contributed by atoms with Crippen LogP contribution in [0.4, 0.5) is 0 Å². The highest BCUT2D eigenvalue weighted by atomic mass is 16.2. The van der Waals surface area contributed by atoms with Gasteiger partial charge in [-0.05, 0) is 30.6 Å². The summed E-state index contributed by atoms with van der Waals surface area (Å²) in [5.74, 6) is 0.434. The van der Waals surface area contributed by atoms with Crippen LogP contribution in [0.5, 0.6) is 0 Å². The number of rotatable bonds is 5. The number of likely N-dealkylation sites (tertiary alicyclic amines) is 1.